The van der Waals surface area contributed by atoms with Crippen molar-refractivity contribution in [2.24, 2.45) is 0 Å². The molecule has 0 unspecified atom stereocenters. The predicted molar refractivity (Wildman–Crippen MR) is 143 cm³/mol. The molecule has 1 aliphatic rings. The maximum atomic E-state index is 14.0. The van der Waals surface area contributed by atoms with E-state index in [1.807, 2.05) is 49.1 Å². The number of allylic oxidation sites excluding steroid dienone is 2. The number of imidazole rings is 1. The minimum absolute atomic E-state index is 0.0480. The molecule has 5 rings (SSSR count). The van der Waals surface area contributed by atoms with Gasteiger partial charge in [-0.2, -0.15) is 5.10 Å². The fraction of sp³-hybridized carbons (Fsp3) is 0.346. The van der Waals surface area contributed by atoms with E-state index in [-0.39, 0.29) is 11.7 Å². The number of hydrogen-bond acceptors (Lipinski definition) is 6. The van der Waals surface area contributed by atoms with Crippen molar-refractivity contribution in [3.63, 3.8) is 0 Å². The lowest BCUT2D eigenvalue weighted by molar-refractivity contribution is 0.490. The number of aromatic amines is 1. The van der Waals surface area contributed by atoms with Crippen molar-refractivity contribution in [3.05, 3.63) is 88.0 Å². The summed E-state index contributed by atoms with van der Waals surface area (Å²) in [5.41, 5.74) is 2.11. The SMILES string of the molecule is CCCCc1cn(-c2c(Cl)cnn2C(C)C)c(=O)n1CC1(c2cccc(-c3nnn[nH]3)c2)C=CNC=C1. The Kier molecular flexibility index (Phi) is 6.84. The first kappa shape index (κ1) is 24.8. The number of dihydropyridines is 1. The molecule has 0 saturated heterocycles. The van der Waals surface area contributed by atoms with Crippen molar-refractivity contribution in [1.82, 2.24) is 44.9 Å². The molecule has 4 heterocycles. The number of rotatable bonds is 9. The maximum Gasteiger partial charge on any atom is 0.334 e. The number of halogens is 1. The normalized spacial score (nSPS) is 14.4. The van der Waals surface area contributed by atoms with E-state index in [4.69, 9.17) is 11.6 Å². The number of nitrogens with zero attached hydrogens (tertiary/aromatic N) is 7. The van der Waals surface area contributed by atoms with Gasteiger partial charge in [-0.15, -0.1) is 5.10 Å². The Bertz CT molecular complexity index is 1480. The van der Waals surface area contributed by atoms with Gasteiger partial charge in [0.15, 0.2) is 11.6 Å². The summed E-state index contributed by atoms with van der Waals surface area (Å²) >= 11 is 6.54. The molecule has 0 fully saturated rings. The van der Waals surface area contributed by atoms with E-state index in [2.05, 4.69) is 62.2 Å². The molecular formula is C26H30ClN9O. The molecule has 0 atom stereocenters. The van der Waals surface area contributed by atoms with Gasteiger partial charge in [-0.25, -0.2) is 14.6 Å². The standard InChI is InChI=1S/C26H30ClN9O/c1-4-5-9-21-16-34(24-22(27)15-29-36(24)18(2)3)25(37)35(21)17-26(10-12-28-13-11-26)20-8-6-7-19(14-20)23-30-32-33-31-23/h6-8,10-16,18,28H,4-5,9,17H2,1-3H3,(H,30,31,32,33). The largest absolute Gasteiger partial charge is 0.368 e. The molecule has 3 aromatic heterocycles. The minimum atomic E-state index is -0.576. The van der Waals surface area contributed by atoms with Crippen molar-refractivity contribution < 1.29 is 0 Å². The lowest BCUT2D eigenvalue weighted by Gasteiger charge is -2.31. The molecule has 11 heteroatoms. The number of benzene rings is 1. The fourth-order valence-electron chi connectivity index (χ4n) is 4.74. The average molecular weight is 520 g/mol. The number of tetrazole rings is 1. The third-order valence-corrected chi connectivity index (χ3v) is 6.95. The van der Waals surface area contributed by atoms with E-state index in [9.17, 15) is 4.79 Å². The number of nitrogens with one attached hydrogen (secondary N) is 2. The van der Waals surface area contributed by atoms with Crippen LogP contribution in [0.2, 0.25) is 5.02 Å². The van der Waals surface area contributed by atoms with Gasteiger partial charge in [0.1, 0.15) is 5.02 Å². The zero-order valence-electron chi connectivity index (χ0n) is 21.1. The third kappa shape index (κ3) is 4.64. The highest BCUT2D eigenvalue weighted by Crippen LogP contribution is 2.34. The van der Waals surface area contributed by atoms with Crippen LogP contribution in [0.25, 0.3) is 17.2 Å². The second-order valence-electron chi connectivity index (χ2n) is 9.52. The highest BCUT2D eigenvalue weighted by atomic mass is 35.5. The molecule has 0 bridgehead atoms. The average Bonchev–Trinajstić information content (AvgIpc) is 3.64. The van der Waals surface area contributed by atoms with Crippen LogP contribution in [-0.2, 0) is 18.4 Å². The van der Waals surface area contributed by atoms with Gasteiger partial charge in [-0.3, -0.25) is 9.13 Å². The first-order valence-corrected chi connectivity index (χ1v) is 12.8. The Morgan fingerprint density at radius 1 is 1.19 bits per heavy atom. The number of unbranched alkanes of at least 4 members (excludes halogenated alkanes) is 1. The van der Waals surface area contributed by atoms with Gasteiger partial charge in [0, 0.05) is 30.0 Å². The lowest BCUT2D eigenvalue weighted by Crippen LogP contribution is -2.36. The highest BCUT2D eigenvalue weighted by molar-refractivity contribution is 6.32. The smallest absolute Gasteiger partial charge is 0.334 e. The molecule has 1 aliphatic heterocycles. The summed E-state index contributed by atoms with van der Waals surface area (Å²) in [5.74, 6) is 1.17. The Labute approximate surface area is 219 Å². The van der Waals surface area contributed by atoms with Crippen molar-refractivity contribution in [2.75, 3.05) is 0 Å². The lowest BCUT2D eigenvalue weighted by atomic mass is 9.78. The van der Waals surface area contributed by atoms with Gasteiger partial charge in [0.2, 0.25) is 0 Å². The molecule has 10 nitrogen and oxygen atoms in total. The summed E-state index contributed by atoms with van der Waals surface area (Å²) in [6.07, 6.45) is 14.3. The van der Waals surface area contributed by atoms with Crippen molar-refractivity contribution in [1.29, 1.82) is 0 Å². The number of aryl methyl sites for hydroxylation is 1. The topological polar surface area (TPSA) is 111 Å². The molecule has 0 radical (unpaired) electrons. The molecular weight excluding hydrogens is 490 g/mol. The Balaban J connectivity index is 1.64. The summed E-state index contributed by atoms with van der Waals surface area (Å²) < 4.78 is 5.29. The van der Waals surface area contributed by atoms with E-state index in [1.54, 1.807) is 15.4 Å². The quantitative estimate of drug-likeness (QED) is 0.343. The van der Waals surface area contributed by atoms with Crippen LogP contribution in [0.3, 0.4) is 0 Å². The first-order chi connectivity index (χ1) is 17.9. The van der Waals surface area contributed by atoms with Gasteiger partial charge in [-0.05, 0) is 61.1 Å². The van der Waals surface area contributed by atoms with E-state index >= 15 is 0 Å². The summed E-state index contributed by atoms with van der Waals surface area (Å²) in [4.78, 5) is 14.0. The van der Waals surface area contributed by atoms with Crippen LogP contribution in [0.4, 0.5) is 0 Å². The molecule has 4 aromatic rings. The zero-order chi connectivity index (χ0) is 26.0. The van der Waals surface area contributed by atoms with Crippen LogP contribution < -0.4 is 11.0 Å². The summed E-state index contributed by atoms with van der Waals surface area (Å²) in [6.45, 7) is 6.60. The van der Waals surface area contributed by atoms with Gasteiger partial charge in [0.25, 0.3) is 0 Å². The fourth-order valence-corrected chi connectivity index (χ4v) is 4.96. The van der Waals surface area contributed by atoms with Crippen molar-refractivity contribution in [3.8, 4) is 17.2 Å². The summed E-state index contributed by atoms with van der Waals surface area (Å²) in [5, 5.41) is 22.3. The maximum absolute atomic E-state index is 14.0. The molecule has 0 spiro atoms. The highest BCUT2D eigenvalue weighted by Gasteiger charge is 2.32. The Hall–Kier alpha value is -3.92. The Morgan fingerprint density at radius 2 is 2.00 bits per heavy atom. The van der Waals surface area contributed by atoms with E-state index < -0.39 is 5.41 Å². The molecule has 192 valence electrons. The van der Waals surface area contributed by atoms with Crippen LogP contribution in [-0.4, -0.2) is 39.5 Å². The summed E-state index contributed by atoms with van der Waals surface area (Å²) in [7, 11) is 0. The summed E-state index contributed by atoms with van der Waals surface area (Å²) in [6, 6.07) is 8.10. The van der Waals surface area contributed by atoms with E-state index in [0.717, 1.165) is 36.1 Å². The van der Waals surface area contributed by atoms with Crippen molar-refractivity contribution in [2.45, 2.75) is 58.0 Å². The van der Waals surface area contributed by atoms with Crippen LogP contribution in [0, 0.1) is 0 Å². The monoisotopic (exact) mass is 519 g/mol. The zero-order valence-corrected chi connectivity index (χ0v) is 21.9. The number of hydrogen-bond donors (Lipinski definition) is 2. The molecule has 2 N–H and O–H groups in total. The minimum Gasteiger partial charge on any atom is -0.368 e. The van der Waals surface area contributed by atoms with E-state index in [1.165, 1.54) is 0 Å². The van der Waals surface area contributed by atoms with Gasteiger partial charge >= 0.3 is 5.69 Å². The van der Waals surface area contributed by atoms with Gasteiger partial charge in [-0.1, -0.05) is 55.3 Å². The van der Waals surface area contributed by atoms with Crippen LogP contribution in [0.15, 0.2) is 66.0 Å². The predicted octanol–water partition coefficient (Wildman–Crippen LogP) is 4.16. The third-order valence-electron chi connectivity index (χ3n) is 6.68. The molecule has 37 heavy (non-hydrogen) atoms. The van der Waals surface area contributed by atoms with Gasteiger partial charge < -0.3 is 5.32 Å². The van der Waals surface area contributed by atoms with E-state index in [0.29, 0.717) is 23.2 Å². The second kappa shape index (κ2) is 10.2. The van der Waals surface area contributed by atoms with Crippen LogP contribution in [0.1, 0.15) is 50.9 Å². The second-order valence-corrected chi connectivity index (χ2v) is 9.93. The van der Waals surface area contributed by atoms with Crippen LogP contribution in [0.5, 0.6) is 0 Å². The molecule has 1 aromatic carbocycles. The first-order valence-electron chi connectivity index (χ1n) is 12.4. The Morgan fingerprint density at radius 3 is 2.70 bits per heavy atom. The molecule has 0 aliphatic carbocycles. The number of aromatic nitrogens is 8. The van der Waals surface area contributed by atoms with Crippen LogP contribution >= 0.6 is 11.6 Å². The van der Waals surface area contributed by atoms with Gasteiger partial charge in [0.05, 0.1) is 11.6 Å². The molecule has 0 saturated carbocycles. The number of H-pyrrole nitrogens is 1. The van der Waals surface area contributed by atoms with Crippen molar-refractivity contribution >= 4 is 11.6 Å². The molecule has 0 amide bonds.